The van der Waals surface area contributed by atoms with Crippen LogP contribution >= 0.6 is 11.6 Å². The number of halogens is 5. The molecule has 1 saturated heterocycles. The highest BCUT2D eigenvalue weighted by molar-refractivity contribution is 6.30. The second kappa shape index (κ2) is 7.49. The van der Waals surface area contributed by atoms with Gasteiger partial charge in [0.2, 0.25) is 5.91 Å². The van der Waals surface area contributed by atoms with Crippen molar-refractivity contribution in [1.82, 2.24) is 21.1 Å². The molecule has 4 aliphatic rings. The Morgan fingerprint density at radius 2 is 1.90 bits per heavy atom. The van der Waals surface area contributed by atoms with E-state index in [4.69, 9.17) is 16.3 Å². The SMILES string of the molecule is CN1NCC(C(=O)NC23CC(NC(=O)COc4ccc(Cl)c(F)c4)(C2)C3)C1C(F)(F)F. The molecular formula is C19H21ClF4N4O3. The first-order valence-electron chi connectivity index (χ1n) is 9.66. The number of alkyl halides is 3. The predicted octanol–water partition coefficient (Wildman–Crippen LogP) is 1.76. The molecule has 2 amide bonds. The van der Waals surface area contributed by atoms with Crippen LogP contribution in [0.1, 0.15) is 19.3 Å². The van der Waals surface area contributed by atoms with Crippen LogP contribution in [0.3, 0.4) is 0 Å². The van der Waals surface area contributed by atoms with Crippen LogP contribution < -0.4 is 20.8 Å². The van der Waals surface area contributed by atoms with Gasteiger partial charge >= 0.3 is 6.18 Å². The molecule has 3 saturated carbocycles. The first-order chi connectivity index (χ1) is 14.4. The first kappa shape index (κ1) is 22.1. The maximum absolute atomic E-state index is 13.4. The van der Waals surface area contributed by atoms with Crippen LogP contribution in [0.15, 0.2) is 18.2 Å². The Labute approximate surface area is 180 Å². The fraction of sp³-hybridized carbons (Fsp3) is 0.579. The molecule has 2 unspecified atom stereocenters. The quantitative estimate of drug-likeness (QED) is 0.559. The maximum atomic E-state index is 13.4. The van der Waals surface area contributed by atoms with E-state index in [0.29, 0.717) is 19.3 Å². The van der Waals surface area contributed by atoms with Crippen LogP contribution in [0.2, 0.25) is 5.02 Å². The number of nitrogens with one attached hydrogen (secondary N) is 3. The molecule has 3 N–H and O–H groups in total. The van der Waals surface area contributed by atoms with Crippen molar-refractivity contribution in [2.24, 2.45) is 5.92 Å². The van der Waals surface area contributed by atoms with Crippen molar-refractivity contribution in [2.45, 2.75) is 42.6 Å². The highest BCUT2D eigenvalue weighted by Gasteiger charge is 2.69. The average Bonchev–Trinajstić information content (AvgIpc) is 3.02. The van der Waals surface area contributed by atoms with Gasteiger partial charge in [0.05, 0.1) is 10.9 Å². The molecular weight excluding hydrogens is 444 g/mol. The van der Waals surface area contributed by atoms with Gasteiger partial charge in [0, 0.05) is 30.7 Å². The molecule has 1 aromatic rings. The lowest BCUT2D eigenvalue weighted by Gasteiger charge is -2.70. The third kappa shape index (κ3) is 4.18. The van der Waals surface area contributed by atoms with Crippen molar-refractivity contribution >= 4 is 23.4 Å². The fourth-order valence-electron chi connectivity index (χ4n) is 4.86. The molecule has 170 valence electrons. The zero-order valence-corrected chi connectivity index (χ0v) is 17.2. The molecule has 2 bridgehead atoms. The Morgan fingerprint density at radius 3 is 2.52 bits per heavy atom. The Hall–Kier alpha value is -2.11. The zero-order chi connectivity index (χ0) is 22.6. The molecule has 0 radical (unpaired) electrons. The van der Waals surface area contributed by atoms with E-state index in [9.17, 15) is 27.2 Å². The number of hydrazine groups is 1. The van der Waals surface area contributed by atoms with Gasteiger partial charge in [-0.05, 0) is 31.4 Å². The van der Waals surface area contributed by atoms with Crippen LogP contribution in [-0.2, 0) is 9.59 Å². The summed E-state index contributed by atoms with van der Waals surface area (Å²) in [6.07, 6.45) is -3.19. The van der Waals surface area contributed by atoms with E-state index in [2.05, 4.69) is 16.1 Å². The van der Waals surface area contributed by atoms with E-state index in [1.54, 1.807) is 0 Å². The van der Waals surface area contributed by atoms with Gasteiger partial charge in [0.1, 0.15) is 17.6 Å². The molecule has 0 spiro atoms. The minimum absolute atomic E-state index is 0.0559. The molecule has 5 rings (SSSR count). The van der Waals surface area contributed by atoms with Crippen molar-refractivity contribution in [3.05, 3.63) is 29.0 Å². The van der Waals surface area contributed by atoms with Gasteiger partial charge in [-0.1, -0.05) is 11.6 Å². The summed E-state index contributed by atoms with van der Waals surface area (Å²) in [5, 5.41) is 6.44. The van der Waals surface area contributed by atoms with Crippen molar-refractivity contribution in [1.29, 1.82) is 0 Å². The summed E-state index contributed by atoms with van der Waals surface area (Å²) in [4.78, 5) is 24.6. The third-order valence-corrected chi connectivity index (χ3v) is 6.42. The lowest BCUT2D eigenvalue weighted by atomic mass is 9.44. The van der Waals surface area contributed by atoms with Crippen LogP contribution in [0.25, 0.3) is 0 Å². The van der Waals surface area contributed by atoms with E-state index in [0.717, 1.165) is 11.1 Å². The zero-order valence-electron chi connectivity index (χ0n) is 16.5. The Bertz CT molecular complexity index is 893. The van der Waals surface area contributed by atoms with Crippen molar-refractivity contribution < 1.29 is 31.9 Å². The van der Waals surface area contributed by atoms with Crippen LogP contribution in [0, 0.1) is 11.7 Å². The number of benzene rings is 1. The summed E-state index contributed by atoms with van der Waals surface area (Å²) < 4.78 is 58.4. The van der Waals surface area contributed by atoms with Gasteiger partial charge in [0.25, 0.3) is 5.91 Å². The van der Waals surface area contributed by atoms with Crippen LogP contribution in [0.5, 0.6) is 5.75 Å². The molecule has 4 fully saturated rings. The standard InChI is InChI=1S/C19H21ClF4N4O3/c1-28-15(19(22,23)24)11(5-25-28)16(30)27-18-7-17(8-18,9-18)26-14(29)6-31-10-2-3-12(20)13(21)4-10/h2-4,11,15,25H,5-9H2,1H3,(H,26,29)(H,27,30). The molecule has 7 nitrogen and oxygen atoms in total. The molecule has 3 aliphatic carbocycles. The third-order valence-electron chi connectivity index (χ3n) is 6.12. The molecule has 12 heteroatoms. The molecule has 1 heterocycles. The summed E-state index contributed by atoms with van der Waals surface area (Å²) in [5.41, 5.74) is 1.49. The number of amides is 2. The van der Waals surface area contributed by atoms with E-state index in [1.807, 2.05) is 0 Å². The minimum atomic E-state index is -4.53. The summed E-state index contributed by atoms with van der Waals surface area (Å²) in [7, 11) is 1.26. The maximum Gasteiger partial charge on any atom is 0.406 e. The Kier molecular flexibility index (Phi) is 5.34. The van der Waals surface area contributed by atoms with Gasteiger partial charge < -0.3 is 15.4 Å². The van der Waals surface area contributed by atoms with E-state index < -0.39 is 46.8 Å². The number of hydrogen-bond acceptors (Lipinski definition) is 5. The molecule has 0 aromatic heterocycles. The summed E-state index contributed by atoms with van der Waals surface area (Å²) in [5.74, 6) is -2.79. The summed E-state index contributed by atoms with van der Waals surface area (Å²) in [6.45, 7) is -0.414. The summed E-state index contributed by atoms with van der Waals surface area (Å²) >= 11 is 5.59. The van der Waals surface area contributed by atoms with Gasteiger partial charge in [0.15, 0.2) is 6.61 Å². The number of nitrogens with zero attached hydrogens (tertiary/aromatic N) is 1. The minimum Gasteiger partial charge on any atom is -0.484 e. The highest BCUT2D eigenvalue weighted by atomic mass is 35.5. The summed E-state index contributed by atoms with van der Waals surface area (Å²) in [6, 6.07) is 1.94. The normalized spacial score (nSPS) is 32.1. The average molecular weight is 465 g/mol. The van der Waals surface area contributed by atoms with Gasteiger partial charge in [-0.2, -0.15) is 13.2 Å². The lowest BCUT2D eigenvalue weighted by molar-refractivity contribution is -0.190. The van der Waals surface area contributed by atoms with Crippen molar-refractivity contribution in [3.8, 4) is 5.75 Å². The lowest BCUT2D eigenvalue weighted by Crippen LogP contribution is -2.84. The Morgan fingerprint density at radius 1 is 1.26 bits per heavy atom. The molecule has 31 heavy (non-hydrogen) atoms. The highest BCUT2D eigenvalue weighted by Crippen LogP contribution is 2.60. The number of hydrogen-bond donors (Lipinski definition) is 3. The number of ether oxygens (including phenoxy) is 1. The second-order valence-corrected chi connectivity index (χ2v) is 8.97. The van der Waals surface area contributed by atoms with E-state index >= 15 is 0 Å². The van der Waals surface area contributed by atoms with Crippen molar-refractivity contribution in [2.75, 3.05) is 20.2 Å². The van der Waals surface area contributed by atoms with E-state index in [-0.39, 0.29) is 23.9 Å². The number of rotatable bonds is 6. The largest absolute Gasteiger partial charge is 0.484 e. The molecule has 2 atom stereocenters. The molecule has 1 aliphatic heterocycles. The monoisotopic (exact) mass is 464 g/mol. The smallest absolute Gasteiger partial charge is 0.406 e. The molecule has 1 aromatic carbocycles. The van der Waals surface area contributed by atoms with E-state index in [1.165, 1.54) is 19.2 Å². The van der Waals surface area contributed by atoms with Crippen LogP contribution in [-0.4, -0.2) is 60.3 Å². The number of carbonyl (C=O) groups excluding carboxylic acids is 2. The fourth-order valence-corrected chi connectivity index (χ4v) is 4.98. The predicted molar refractivity (Wildman–Crippen MR) is 102 cm³/mol. The first-order valence-corrected chi connectivity index (χ1v) is 10.0. The van der Waals surface area contributed by atoms with Gasteiger partial charge in [-0.25, -0.2) is 9.40 Å². The van der Waals surface area contributed by atoms with Crippen LogP contribution in [0.4, 0.5) is 17.6 Å². The number of carbonyl (C=O) groups is 2. The second-order valence-electron chi connectivity index (χ2n) is 8.56. The van der Waals surface area contributed by atoms with Gasteiger partial charge in [-0.15, -0.1) is 0 Å². The topological polar surface area (TPSA) is 82.7 Å². The van der Waals surface area contributed by atoms with Crippen molar-refractivity contribution in [3.63, 3.8) is 0 Å². The van der Waals surface area contributed by atoms with Gasteiger partial charge in [-0.3, -0.25) is 15.0 Å². The Balaban J connectivity index is 1.24.